The lowest BCUT2D eigenvalue weighted by atomic mass is 10.1. The van der Waals surface area contributed by atoms with Crippen LogP contribution in [-0.2, 0) is 11.3 Å². The molecular weight excluding hydrogens is 320 g/mol. The van der Waals surface area contributed by atoms with Gasteiger partial charge in [-0.15, -0.1) is 15.3 Å². The molecule has 3 heterocycles. The molecule has 1 N–H and O–H groups in total. The van der Waals surface area contributed by atoms with Crippen LogP contribution in [0.3, 0.4) is 0 Å². The summed E-state index contributed by atoms with van der Waals surface area (Å²) < 4.78 is 3.25. The highest BCUT2D eigenvalue weighted by molar-refractivity contribution is 5.83. The van der Waals surface area contributed by atoms with E-state index in [1.165, 1.54) is 11.0 Å². The number of carbonyl (C=O) groups is 1. The number of benzene rings is 1. The minimum absolute atomic E-state index is 0.230. The highest BCUT2D eigenvalue weighted by atomic mass is 16.2. The van der Waals surface area contributed by atoms with Crippen LogP contribution in [0.4, 0.5) is 0 Å². The molecule has 0 bridgehead atoms. The number of pyridine rings is 1. The average molecular weight is 334 g/mol. The van der Waals surface area contributed by atoms with Crippen LogP contribution in [0, 0.1) is 0 Å². The summed E-state index contributed by atoms with van der Waals surface area (Å²) >= 11 is 0. The average Bonchev–Trinajstić information content (AvgIpc) is 3.31. The first kappa shape index (κ1) is 14.9. The van der Waals surface area contributed by atoms with E-state index in [-0.39, 0.29) is 12.5 Å². The van der Waals surface area contributed by atoms with Crippen molar-refractivity contribution in [2.75, 3.05) is 0 Å². The molecule has 0 aliphatic carbocycles. The van der Waals surface area contributed by atoms with Crippen LogP contribution in [-0.4, -0.2) is 40.7 Å². The summed E-state index contributed by atoms with van der Waals surface area (Å²) in [5.74, 6) is 0.415. The highest BCUT2D eigenvalue weighted by Crippen LogP contribution is 2.17. The summed E-state index contributed by atoms with van der Waals surface area (Å²) in [5.41, 5.74) is 1.52. The Balaban J connectivity index is 1.57. The number of nitrogens with one attached hydrogen (secondary N) is 1. The number of aromatic nitrogens is 7. The molecule has 9 nitrogen and oxygen atoms in total. The zero-order valence-corrected chi connectivity index (χ0v) is 13.1. The molecule has 0 aliphatic heterocycles. The molecule has 0 unspecified atom stereocenters. The first-order chi connectivity index (χ1) is 12.3. The summed E-state index contributed by atoms with van der Waals surface area (Å²) in [6, 6.07) is 14.3. The molecule has 0 saturated heterocycles. The predicted molar refractivity (Wildman–Crippen MR) is 87.2 cm³/mol. The van der Waals surface area contributed by atoms with E-state index in [1.807, 2.05) is 59.1 Å². The number of amides is 1. The van der Waals surface area contributed by atoms with Crippen LogP contribution in [0.15, 0.2) is 61.1 Å². The molecule has 0 spiro atoms. The molecule has 1 aromatic carbocycles. The van der Waals surface area contributed by atoms with Gasteiger partial charge in [0.25, 0.3) is 0 Å². The number of hydrogen-bond donors (Lipinski definition) is 1. The molecule has 1 atom stereocenters. The quantitative estimate of drug-likeness (QED) is 0.574. The van der Waals surface area contributed by atoms with E-state index < -0.39 is 6.04 Å². The third-order valence-corrected chi connectivity index (χ3v) is 3.80. The molecular formula is C16H14N8O. The van der Waals surface area contributed by atoms with E-state index in [1.54, 1.807) is 0 Å². The third-order valence-electron chi connectivity index (χ3n) is 3.80. The van der Waals surface area contributed by atoms with E-state index in [2.05, 4.69) is 31.0 Å². The van der Waals surface area contributed by atoms with Crippen LogP contribution in [0.2, 0.25) is 0 Å². The summed E-state index contributed by atoms with van der Waals surface area (Å²) in [5, 5.41) is 22.2. The van der Waals surface area contributed by atoms with Crippen molar-refractivity contribution < 1.29 is 4.79 Å². The van der Waals surface area contributed by atoms with Crippen molar-refractivity contribution in [1.82, 2.24) is 40.1 Å². The molecule has 1 amide bonds. The van der Waals surface area contributed by atoms with Crippen LogP contribution in [0.1, 0.15) is 17.4 Å². The van der Waals surface area contributed by atoms with Crippen LogP contribution < -0.4 is 5.32 Å². The number of hydrogen-bond acceptors (Lipinski definition) is 6. The van der Waals surface area contributed by atoms with Crippen molar-refractivity contribution >= 4 is 11.6 Å². The Morgan fingerprint density at radius 2 is 1.92 bits per heavy atom. The Bertz CT molecular complexity index is 980. The Morgan fingerprint density at radius 1 is 1.08 bits per heavy atom. The minimum atomic E-state index is -0.657. The summed E-state index contributed by atoms with van der Waals surface area (Å²) in [4.78, 5) is 12.8. The summed E-state index contributed by atoms with van der Waals surface area (Å²) in [7, 11) is 0. The number of carbonyl (C=O) groups excluding carboxylic acids is 1. The van der Waals surface area contributed by atoms with Gasteiger partial charge in [-0.25, -0.2) is 4.68 Å². The van der Waals surface area contributed by atoms with Gasteiger partial charge in [-0.1, -0.05) is 36.4 Å². The molecule has 124 valence electrons. The number of nitrogens with zero attached hydrogens (tertiary/aromatic N) is 7. The number of fused-ring (bicyclic) bond motifs is 1. The molecule has 9 heteroatoms. The Morgan fingerprint density at radius 3 is 2.72 bits per heavy atom. The third kappa shape index (κ3) is 2.94. The monoisotopic (exact) mass is 334 g/mol. The van der Waals surface area contributed by atoms with Gasteiger partial charge < -0.3 is 5.32 Å². The van der Waals surface area contributed by atoms with Crippen molar-refractivity contribution in [3.05, 3.63) is 72.4 Å². The predicted octanol–water partition coefficient (Wildman–Crippen LogP) is 0.622. The molecule has 0 aliphatic rings. The molecule has 3 aromatic heterocycles. The standard InChI is InChI=1S/C16H14N8O/c25-16(17-10-14-20-19-13-8-4-5-9-23(13)14)15(24-11-18-21-22-24)12-6-2-1-3-7-12/h1-9,11,15H,10H2,(H,17,25)/t15-/m1/s1. The normalized spacial score (nSPS) is 12.2. The lowest BCUT2D eigenvalue weighted by Crippen LogP contribution is -2.33. The maximum absolute atomic E-state index is 12.8. The van der Waals surface area contributed by atoms with E-state index in [4.69, 9.17) is 0 Å². The fourth-order valence-electron chi connectivity index (χ4n) is 2.62. The van der Waals surface area contributed by atoms with Crippen molar-refractivity contribution in [3.8, 4) is 0 Å². The Kier molecular flexibility index (Phi) is 3.87. The van der Waals surface area contributed by atoms with Gasteiger partial charge in [0.2, 0.25) is 5.91 Å². The van der Waals surface area contributed by atoms with Gasteiger partial charge in [-0.2, -0.15) is 0 Å². The Hall–Kier alpha value is -3.62. The first-order valence-corrected chi connectivity index (χ1v) is 7.67. The minimum Gasteiger partial charge on any atom is -0.347 e. The largest absolute Gasteiger partial charge is 0.347 e. The molecule has 25 heavy (non-hydrogen) atoms. The van der Waals surface area contributed by atoms with Gasteiger partial charge >= 0.3 is 0 Å². The maximum Gasteiger partial charge on any atom is 0.249 e. The molecule has 4 rings (SSSR count). The molecule has 4 aromatic rings. The molecule has 0 saturated carbocycles. The van der Waals surface area contributed by atoms with Crippen molar-refractivity contribution in [1.29, 1.82) is 0 Å². The zero-order valence-electron chi connectivity index (χ0n) is 13.1. The Labute approximate surface area is 142 Å². The highest BCUT2D eigenvalue weighted by Gasteiger charge is 2.24. The van der Waals surface area contributed by atoms with Gasteiger partial charge in [0.15, 0.2) is 17.5 Å². The van der Waals surface area contributed by atoms with Gasteiger partial charge in [0.1, 0.15) is 6.33 Å². The second kappa shape index (κ2) is 6.48. The van der Waals surface area contributed by atoms with Crippen molar-refractivity contribution in [3.63, 3.8) is 0 Å². The lowest BCUT2D eigenvalue weighted by molar-refractivity contribution is -0.123. The van der Waals surface area contributed by atoms with Gasteiger partial charge in [-0.3, -0.25) is 9.20 Å². The number of tetrazole rings is 1. The zero-order chi connectivity index (χ0) is 17.1. The fourth-order valence-corrected chi connectivity index (χ4v) is 2.62. The second-order valence-electron chi connectivity index (χ2n) is 5.37. The van der Waals surface area contributed by atoms with Gasteiger partial charge in [0, 0.05) is 6.20 Å². The van der Waals surface area contributed by atoms with E-state index in [0.717, 1.165) is 11.2 Å². The van der Waals surface area contributed by atoms with E-state index in [9.17, 15) is 4.79 Å². The summed E-state index contributed by atoms with van der Waals surface area (Å²) in [6.45, 7) is 0.246. The topological polar surface area (TPSA) is 103 Å². The maximum atomic E-state index is 12.8. The van der Waals surface area contributed by atoms with Gasteiger partial charge in [-0.05, 0) is 28.1 Å². The summed E-state index contributed by atoms with van der Waals surface area (Å²) in [6.07, 6.45) is 3.27. The van der Waals surface area contributed by atoms with Crippen LogP contribution in [0.5, 0.6) is 0 Å². The molecule has 0 fully saturated rings. The fraction of sp³-hybridized carbons (Fsp3) is 0.125. The smallest absolute Gasteiger partial charge is 0.249 e. The van der Waals surface area contributed by atoms with Crippen LogP contribution >= 0.6 is 0 Å². The first-order valence-electron chi connectivity index (χ1n) is 7.67. The van der Waals surface area contributed by atoms with Gasteiger partial charge in [0.05, 0.1) is 6.54 Å². The molecule has 0 radical (unpaired) electrons. The van der Waals surface area contributed by atoms with Crippen molar-refractivity contribution in [2.24, 2.45) is 0 Å². The number of rotatable bonds is 5. The van der Waals surface area contributed by atoms with E-state index >= 15 is 0 Å². The second-order valence-corrected chi connectivity index (χ2v) is 5.37. The van der Waals surface area contributed by atoms with Crippen molar-refractivity contribution in [2.45, 2.75) is 12.6 Å². The lowest BCUT2D eigenvalue weighted by Gasteiger charge is -2.16. The van der Waals surface area contributed by atoms with Crippen LogP contribution in [0.25, 0.3) is 5.65 Å². The SMILES string of the molecule is O=C(NCc1nnc2ccccn12)[C@@H](c1ccccc1)n1cnnn1. The van der Waals surface area contributed by atoms with E-state index in [0.29, 0.717) is 5.82 Å².